The largest absolute Gasteiger partial charge is 0.348 e. The number of rotatable bonds is 0. The van der Waals surface area contributed by atoms with Crippen LogP contribution in [0.2, 0.25) is 0 Å². The van der Waals surface area contributed by atoms with E-state index in [9.17, 15) is 9.59 Å². The quantitative estimate of drug-likeness (QED) is 0.304. The standard InChI is InChI=1S/C18H32N4O3/c23-17-18(24)21-15-11-14-19-16(22-25)12-9-7-5-3-1-2-4-6-8-10-13-20-17/h2,4,25H,1,3,5-15H2,(H,19,22)(H,20,23)(H,21,24)/b4-2-. The second-order valence-corrected chi connectivity index (χ2v) is 6.23. The minimum absolute atomic E-state index is 0.388. The van der Waals surface area contributed by atoms with Crippen LogP contribution in [0.3, 0.4) is 0 Å². The molecule has 0 aromatic rings. The molecule has 142 valence electrons. The first-order chi connectivity index (χ1) is 12.2. The number of allylic oxidation sites excluding steroid dienone is 2. The van der Waals surface area contributed by atoms with Gasteiger partial charge in [-0.25, -0.2) is 0 Å². The summed E-state index contributed by atoms with van der Waals surface area (Å²) in [6, 6.07) is 0. The predicted molar refractivity (Wildman–Crippen MR) is 98.6 cm³/mol. The Labute approximate surface area is 150 Å². The third-order valence-corrected chi connectivity index (χ3v) is 4.04. The smallest absolute Gasteiger partial charge is 0.309 e. The summed E-state index contributed by atoms with van der Waals surface area (Å²) in [6.45, 7) is 1.41. The highest BCUT2D eigenvalue weighted by molar-refractivity contribution is 6.35. The van der Waals surface area contributed by atoms with Crippen LogP contribution in [0, 0.1) is 0 Å². The molecule has 7 nitrogen and oxygen atoms in total. The summed E-state index contributed by atoms with van der Waals surface area (Å²) in [7, 11) is 0. The fourth-order valence-electron chi connectivity index (χ4n) is 2.56. The van der Waals surface area contributed by atoms with E-state index in [2.05, 4.69) is 33.3 Å². The molecule has 1 aliphatic heterocycles. The maximum absolute atomic E-state index is 11.6. The second kappa shape index (κ2) is 14.5. The summed E-state index contributed by atoms with van der Waals surface area (Å²) < 4.78 is 0. The summed E-state index contributed by atoms with van der Waals surface area (Å²) in [6.07, 6.45) is 14.2. The van der Waals surface area contributed by atoms with Gasteiger partial charge in [-0.3, -0.25) is 25.3 Å². The lowest BCUT2D eigenvalue weighted by Gasteiger charge is -2.07. The molecule has 0 aromatic heterocycles. The van der Waals surface area contributed by atoms with Crippen LogP contribution in [0.5, 0.6) is 0 Å². The van der Waals surface area contributed by atoms with Crippen molar-refractivity contribution in [1.82, 2.24) is 16.1 Å². The number of nitrogens with zero attached hydrogens (tertiary/aromatic N) is 1. The van der Waals surface area contributed by atoms with E-state index in [1.165, 1.54) is 12.8 Å². The summed E-state index contributed by atoms with van der Waals surface area (Å²) in [5, 5.41) is 14.3. The molecule has 1 heterocycles. The SMILES string of the molecule is O=C1NCCCC/C=C\CCCCCCC(NO)=NCCCNC1=O. The first kappa shape index (κ1) is 21.2. The van der Waals surface area contributed by atoms with Crippen molar-refractivity contribution in [2.45, 2.75) is 64.2 Å². The summed E-state index contributed by atoms with van der Waals surface area (Å²) in [5.41, 5.74) is 2.15. The third kappa shape index (κ3) is 11.3. The van der Waals surface area contributed by atoms with Gasteiger partial charge >= 0.3 is 11.8 Å². The molecular formula is C18H32N4O3. The zero-order chi connectivity index (χ0) is 18.2. The zero-order valence-corrected chi connectivity index (χ0v) is 15.1. The van der Waals surface area contributed by atoms with Gasteiger partial charge in [0.1, 0.15) is 5.84 Å². The highest BCUT2D eigenvalue weighted by atomic mass is 16.5. The highest BCUT2D eigenvalue weighted by Crippen LogP contribution is 2.07. The Morgan fingerprint density at radius 2 is 1.44 bits per heavy atom. The molecule has 7 heteroatoms. The molecule has 0 saturated carbocycles. The van der Waals surface area contributed by atoms with E-state index >= 15 is 0 Å². The minimum atomic E-state index is -0.602. The predicted octanol–water partition coefficient (Wildman–Crippen LogP) is 2.07. The maximum Gasteiger partial charge on any atom is 0.309 e. The van der Waals surface area contributed by atoms with Crippen LogP contribution in [0.15, 0.2) is 17.1 Å². The van der Waals surface area contributed by atoms with Crippen molar-refractivity contribution in [2.75, 3.05) is 19.6 Å². The first-order valence-corrected chi connectivity index (χ1v) is 9.38. The van der Waals surface area contributed by atoms with E-state index in [4.69, 9.17) is 5.21 Å². The van der Waals surface area contributed by atoms with E-state index in [0.29, 0.717) is 31.9 Å². The van der Waals surface area contributed by atoms with Crippen molar-refractivity contribution < 1.29 is 14.8 Å². The molecule has 0 atom stereocenters. The van der Waals surface area contributed by atoms with Crippen LogP contribution in [0.1, 0.15) is 64.2 Å². The maximum atomic E-state index is 11.6. The van der Waals surface area contributed by atoms with Crippen molar-refractivity contribution in [3.8, 4) is 0 Å². The van der Waals surface area contributed by atoms with Crippen molar-refractivity contribution in [3.63, 3.8) is 0 Å². The number of nitrogens with one attached hydrogen (secondary N) is 3. The normalized spacial score (nSPS) is 21.9. The number of carbonyl (C=O) groups is 2. The summed E-state index contributed by atoms with van der Waals surface area (Å²) >= 11 is 0. The van der Waals surface area contributed by atoms with Gasteiger partial charge in [-0.15, -0.1) is 0 Å². The number of hydrogen-bond donors (Lipinski definition) is 4. The fourth-order valence-corrected chi connectivity index (χ4v) is 2.56. The van der Waals surface area contributed by atoms with Crippen LogP contribution in [-0.4, -0.2) is 42.5 Å². The monoisotopic (exact) mass is 352 g/mol. The highest BCUT2D eigenvalue weighted by Gasteiger charge is 2.11. The van der Waals surface area contributed by atoms with Crippen LogP contribution >= 0.6 is 0 Å². The minimum Gasteiger partial charge on any atom is -0.348 e. The van der Waals surface area contributed by atoms with Gasteiger partial charge in [0.2, 0.25) is 0 Å². The van der Waals surface area contributed by atoms with Gasteiger partial charge in [-0.2, -0.15) is 0 Å². The fraction of sp³-hybridized carbons (Fsp3) is 0.722. The van der Waals surface area contributed by atoms with Gasteiger partial charge in [-0.1, -0.05) is 25.0 Å². The zero-order valence-electron chi connectivity index (χ0n) is 15.1. The van der Waals surface area contributed by atoms with E-state index < -0.39 is 11.8 Å². The van der Waals surface area contributed by atoms with Gasteiger partial charge in [0, 0.05) is 26.1 Å². The first-order valence-electron chi connectivity index (χ1n) is 9.38. The Hall–Kier alpha value is -1.89. The van der Waals surface area contributed by atoms with E-state index in [1.807, 2.05) is 0 Å². The lowest BCUT2D eigenvalue weighted by molar-refractivity contribution is -0.139. The molecule has 4 N–H and O–H groups in total. The van der Waals surface area contributed by atoms with Crippen molar-refractivity contribution >= 4 is 17.6 Å². The van der Waals surface area contributed by atoms with Gasteiger partial charge in [-0.05, 0) is 44.9 Å². The second-order valence-electron chi connectivity index (χ2n) is 6.23. The molecule has 0 unspecified atom stereocenters. The molecule has 0 aliphatic carbocycles. The van der Waals surface area contributed by atoms with Gasteiger partial charge in [0.25, 0.3) is 0 Å². The van der Waals surface area contributed by atoms with Crippen LogP contribution in [0.25, 0.3) is 0 Å². The van der Waals surface area contributed by atoms with Crippen molar-refractivity contribution in [1.29, 1.82) is 0 Å². The number of hydrogen-bond acceptors (Lipinski definition) is 5. The molecule has 0 saturated heterocycles. The average molecular weight is 352 g/mol. The molecule has 2 amide bonds. The number of amides is 2. The van der Waals surface area contributed by atoms with Crippen LogP contribution in [0.4, 0.5) is 0 Å². The topological polar surface area (TPSA) is 103 Å². The van der Waals surface area contributed by atoms with Gasteiger partial charge < -0.3 is 10.6 Å². The lowest BCUT2D eigenvalue weighted by Crippen LogP contribution is -2.40. The van der Waals surface area contributed by atoms with E-state index in [1.54, 1.807) is 0 Å². The van der Waals surface area contributed by atoms with Gasteiger partial charge in [0.15, 0.2) is 0 Å². The Bertz CT molecular complexity index is 450. The Morgan fingerprint density at radius 1 is 0.840 bits per heavy atom. The molecule has 0 bridgehead atoms. The molecule has 0 radical (unpaired) electrons. The van der Waals surface area contributed by atoms with Crippen LogP contribution in [-0.2, 0) is 9.59 Å². The molecule has 0 fully saturated rings. The Balaban J connectivity index is 2.42. The Morgan fingerprint density at radius 3 is 2.12 bits per heavy atom. The van der Waals surface area contributed by atoms with Crippen LogP contribution < -0.4 is 16.1 Å². The molecule has 0 spiro atoms. The molecule has 1 rings (SSSR count). The average Bonchev–Trinajstić information content (AvgIpc) is 2.62. The lowest BCUT2D eigenvalue weighted by atomic mass is 10.1. The molecule has 1 aliphatic rings. The number of aliphatic imine (C=N–C) groups is 1. The summed E-state index contributed by atoms with van der Waals surface area (Å²) in [5.74, 6) is -0.604. The van der Waals surface area contributed by atoms with Gasteiger partial charge in [0.05, 0.1) is 0 Å². The third-order valence-electron chi connectivity index (χ3n) is 4.04. The molecule has 0 aromatic carbocycles. The molecule has 25 heavy (non-hydrogen) atoms. The number of amidine groups is 1. The van der Waals surface area contributed by atoms with Crippen molar-refractivity contribution in [3.05, 3.63) is 12.2 Å². The summed E-state index contributed by atoms with van der Waals surface area (Å²) in [4.78, 5) is 27.5. The Kier molecular flexibility index (Phi) is 12.2. The number of hydroxylamine groups is 1. The number of carbonyl (C=O) groups excluding carboxylic acids is 2. The van der Waals surface area contributed by atoms with E-state index in [0.717, 1.165) is 44.9 Å². The van der Waals surface area contributed by atoms with E-state index in [-0.39, 0.29) is 0 Å². The van der Waals surface area contributed by atoms with Crippen molar-refractivity contribution in [2.24, 2.45) is 4.99 Å². The molecular weight excluding hydrogens is 320 g/mol.